The molecule has 4 rings (SSSR count). The molecular weight excluding hydrogens is 462 g/mol. The lowest BCUT2D eigenvalue weighted by Crippen LogP contribution is -2.25. The summed E-state index contributed by atoms with van der Waals surface area (Å²) < 4.78 is 6.40. The van der Waals surface area contributed by atoms with Crippen LogP contribution in [0.15, 0.2) is 64.8 Å². The molecule has 0 aliphatic carbocycles. The van der Waals surface area contributed by atoms with Crippen LogP contribution in [0.3, 0.4) is 0 Å². The summed E-state index contributed by atoms with van der Waals surface area (Å²) >= 11 is 1.19. The van der Waals surface area contributed by atoms with E-state index in [1.807, 2.05) is 42.5 Å². The number of ether oxygens (including phenoxy) is 1. The average molecular weight is 490 g/mol. The third-order valence-electron chi connectivity index (χ3n) is 5.66. The van der Waals surface area contributed by atoms with Crippen LogP contribution in [0.25, 0.3) is 16.5 Å². The van der Waals surface area contributed by atoms with Gasteiger partial charge in [0.2, 0.25) is 5.91 Å². The molecule has 7 nitrogen and oxygen atoms in total. The Morgan fingerprint density at radius 2 is 1.80 bits per heavy atom. The number of carbonyl (C=O) groups is 2. The van der Waals surface area contributed by atoms with Gasteiger partial charge in [0.05, 0.1) is 17.7 Å². The van der Waals surface area contributed by atoms with Gasteiger partial charge in [0.1, 0.15) is 5.00 Å². The summed E-state index contributed by atoms with van der Waals surface area (Å²) in [6, 6.07) is 17.2. The van der Waals surface area contributed by atoms with Gasteiger partial charge in [-0.15, -0.1) is 11.3 Å². The van der Waals surface area contributed by atoms with Gasteiger partial charge >= 0.3 is 5.97 Å². The van der Waals surface area contributed by atoms with E-state index in [-0.39, 0.29) is 30.0 Å². The number of anilines is 1. The summed E-state index contributed by atoms with van der Waals surface area (Å²) in [6.07, 6.45) is 0.849. The third-order valence-corrected chi connectivity index (χ3v) is 6.56. The van der Waals surface area contributed by atoms with E-state index in [4.69, 9.17) is 4.74 Å². The maximum absolute atomic E-state index is 13.5. The number of aryl methyl sites for hydroxylation is 1. The number of fused-ring (bicyclic) bond motifs is 1. The molecule has 2 aromatic carbocycles. The SMILES string of the molecule is CCOC(=O)c1nn(-c2ccc(C(C)C)cc2)c(=O)c2c(NC(=O)CCc3ccccc3)scc12. The number of benzene rings is 2. The third kappa shape index (κ3) is 5.33. The molecular formula is C27H27N3O4S. The molecule has 0 radical (unpaired) electrons. The predicted molar refractivity (Wildman–Crippen MR) is 139 cm³/mol. The summed E-state index contributed by atoms with van der Waals surface area (Å²) in [5, 5.41) is 9.88. The standard InChI is InChI=1S/C27H27N3O4S/c1-4-34-27(33)24-21-16-35-25(28-22(31)15-10-18-8-6-5-7-9-18)23(21)26(32)30(29-24)20-13-11-19(12-14-20)17(2)3/h5-9,11-14,16-17H,4,10,15H2,1-3H3,(H,28,31). The monoisotopic (exact) mass is 489 g/mol. The molecule has 0 bridgehead atoms. The largest absolute Gasteiger partial charge is 0.461 e. The molecule has 0 saturated carbocycles. The van der Waals surface area contributed by atoms with E-state index in [0.717, 1.165) is 11.1 Å². The number of rotatable bonds is 8. The van der Waals surface area contributed by atoms with Gasteiger partial charge in [0, 0.05) is 17.2 Å². The molecule has 180 valence electrons. The number of aromatic nitrogens is 2. The van der Waals surface area contributed by atoms with Crippen molar-refractivity contribution >= 4 is 39.0 Å². The van der Waals surface area contributed by atoms with E-state index < -0.39 is 11.5 Å². The highest BCUT2D eigenvalue weighted by Gasteiger charge is 2.23. The van der Waals surface area contributed by atoms with Crippen molar-refractivity contribution in [2.24, 2.45) is 0 Å². The van der Waals surface area contributed by atoms with Crippen molar-refractivity contribution < 1.29 is 14.3 Å². The molecule has 2 aromatic heterocycles. The zero-order valence-corrected chi connectivity index (χ0v) is 20.7. The minimum atomic E-state index is -0.621. The summed E-state index contributed by atoms with van der Waals surface area (Å²) in [5.74, 6) is -0.495. The van der Waals surface area contributed by atoms with E-state index in [0.29, 0.717) is 28.4 Å². The van der Waals surface area contributed by atoms with Gasteiger partial charge in [-0.3, -0.25) is 9.59 Å². The fourth-order valence-corrected chi connectivity index (χ4v) is 4.71. The van der Waals surface area contributed by atoms with Crippen molar-refractivity contribution in [2.45, 2.75) is 39.5 Å². The fourth-order valence-electron chi connectivity index (χ4n) is 3.76. The van der Waals surface area contributed by atoms with Gasteiger partial charge < -0.3 is 10.1 Å². The Kier molecular flexibility index (Phi) is 7.41. The first-order chi connectivity index (χ1) is 16.9. The van der Waals surface area contributed by atoms with Crippen molar-refractivity contribution in [3.63, 3.8) is 0 Å². The Bertz CT molecular complexity index is 1410. The summed E-state index contributed by atoms with van der Waals surface area (Å²) in [5.41, 5.74) is 2.33. The summed E-state index contributed by atoms with van der Waals surface area (Å²) in [4.78, 5) is 38.9. The first kappa shape index (κ1) is 24.3. The lowest BCUT2D eigenvalue weighted by molar-refractivity contribution is -0.116. The van der Waals surface area contributed by atoms with Gasteiger partial charge in [-0.1, -0.05) is 56.3 Å². The number of nitrogens with one attached hydrogen (secondary N) is 1. The molecule has 4 aromatic rings. The van der Waals surface area contributed by atoms with Crippen LogP contribution >= 0.6 is 11.3 Å². The number of esters is 1. The number of hydrogen-bond acceptors (Lipinski definition) is 6. The quantitative estimate of drug-likeness (QED) is 0.338. The Balaban J connectivity index is 1.73. The minimum absolute atomic E-state index is 0.0374. The Morgan fingerprint density at radius 3 is 2.46 bits per heavy atom. The molecule has 0 fully saturated rings. The second kappa shape index (κ2) is 10.7. The van der Waals surface area contributed by atoms with Crippen LogP contribution in [-0.4, -0.2) is 28.3 Å². The van der Waals surface area contributed by atoms with E-state index in [1.54, 1.807) is 24.4 Å². The first-order valence-corrected chi connectivity index (χ1v) is 12.4. The van der Waals surface area contributed by atoms with Crippen molar-refractivity contribution in [2.75, 3.05) is 11.9 Å². The highest BCUT2D eigenvalue weighted by molar-refractivity contribution is 7.16. The van der Waals surface area contributed by atoms with Crippen LogP contribution < -0.4 is 10.9 Å². The van der Waals surface area contributed by atoms with Crippen LogP contribution in [0, 0.1) is 0 Å². The van der Waals surface area contributed by atoms with E-state index in [9.17, 15) is 14.4 Å². The van der Waals surface area contributed by atoms with Crippen molar-refractivity contribution in [1.29, 1.82) is 0 Å². The van der Waals surface area contributed by atoms with Gasteiger partial charge in [0.25, 0.3) is 5.56 Å². The number of amides is 1. The van der Waals surface area contributed by atoms with E-state index in [1.165, 1.54) is 16.0 Å². The normalized spacial score (nSPS) is 11.1. The maximum Gasteiger partial charge on any atom is 0.359 e. The zero-order valence-electron chi connectivity index (χ0n) is 19.9. The molecule has 0 aliphatic rings. The highest BCUT2D eigenvalue weighted by atomic mass is 32.1. The van der Waals surface area contributed by atoms with Gasteiger partial charge in [-0.05, 0) is 42.5 Å². The van der Waals surface area contributed by atoms with Crippen molar-refractivity contribution in [1.82, 2.24) is 9.78 Å². The molecule has 1 N–H and O–H groups in total. The molecule has 2 heterocycles. The molecule has 0 spiro atoms. The predicted octanol–water partition coefficient (Wildman–Crippen LogP) is 5.32. The Hall–Kier alpha value is -3.78. The van der Waals surface area contributed by atoms with Crippen LogP contribution in [0.2, 0.25) is 0 Å². The number of thiophene rings is 1. The molecule has 35 heavy (non-hydrogen) atoms. The Labute approximate surface area is 207 Å². The minimum Gasteiger partial charge on any atom is -0.461 e. The second-order valence-electron chi connectivity index (χ2n) is 8.42. The lowest BCUT2D eigenvalue weighted by atomic mass is 10.0. The van der Waals surface area contributed by atoms with Gasteiger partial charge in [-0.25, -0.2) is 4.79 Å². The average Bonchev–Trinajstić information content (AvgIpc) is 3.28. The molecule has 0 unspecified atom stereocenters. The maximum atomic E-state index is 13.5. The fraction of sp³-hybridized carbons (Fsp3) is 0.259. The van der Waals surface area contributed by atoms with E-state index in [2.05, 4.69) is 24.3 Å². The molecule has 0 atom stereocenters. The first-order valence-electron chi connectivity index (χ1n) is 11.5. The lowest BCUT2D eigenvalue weighted by Gasteiger charge is -2.11. The van der Waals surface area contributed by atoms with Crippen LogP contribution in [0.4, 0.5) is 5.00 Å². The number of nitrogens with zero attached hydrogens (tertiary/aromatic N) is 2. The summed E-state index contributed by atoms with van der Waals surface area (Å²) in [6.45, 7) is 6.06. The molecule has 0 saturated heterocycles. The molecule has 1 amide bonds. The van der Waals surface area contributed by atoms with Gasteiger partial charge in [-0.2, -0.15) is 9.78 Å². The molecule has 0 aliphatic heterocycles. The summed E-state index contributed by atoms with van der Waals surface area (Å²) in [7, 11) is 0. The highest BCUT2D eigenvalue weighted by Crippen LogP contribution is 2.31. The van der Waals surface area contributed by atoms with Crippen molar-refractivity contribution in [3.8, 4) is 5.69 Å². The second-order valence-corrected chi connectivity index (χ2v) is 9.30. The van der Waals surface area contributed by atoms with E-state index >= 15 is 0 Å². The van der Waals surface area contributed by atoms with Crippen LogP contribution in [-0.2, 0) is 16.0 Å². The van der Waals surface area contributed by atoms with Crippen molar-refractivity contribution in [3.05, 3.63) is 87.2 Å². The molecule has 8 heteroatoms. The van der Waals surface area contributed by atoms with Crippen LogP contribution in [0.1, 0.15) is 54.7 Å². The smallest absolute Gasteiger partial charge is 0.359 e. The topological polar surface area (TPSA) is 90.3 Å². The number of hydrogen-bond donors (Lipinski definition) is 1. The number of carbonyl (C=O) groups excluding carboxylic acids is 2. The Morgan fingerprint density at radius 1 is 1.09 bits per heavy atom. The van der Waals surface area contributed by atoms with Gasteiger partial charge in [0.15, 0.2) is 5.69 Å². The van der Waals surface area contributed by atoms with Crippen LogP contribution in [0.5, 0.6) is 0 Å². The zero-order chi connectivity index (χ0) is 24.9.